The van der Waals surface area contributed by atoms with Crippen molar-refractivity contribution in [3.63, 3.8) is 0 Å². The van der Waals surface area contributed by atoms with Crippen molar-refractivity contribution in [3.05, 3.63) is 71.5 Å². The zero-order valence-electron chi connectivity index (χ0n) is 14.0. The number of carbonyl (C=O) groups is 1. The van der Waals surface area contributed by atoms with Crippen molar-refractivity contribution in [2.45, 2.75) is 32.7 Å². The number of carbonyl (C=O) groups excluding carboxylic acids is 1. The molecule has 0 aliphatic heterocycles. The summed E-state index contributed by atoms with van der Waals surface area (Å²) < 4.78 is 13.0. The quantitative estimate of drug-likeness (QED) is 0.762. The maximum atomic E-state index is 13.0. The molecule has 0 fully saturated rings. The molecule has 1 amide bonds. The lowest BCUT2D eigenvalue weighted by atomic mass is 9.84. The molecule has 0 N–H and O–H groups in total. The molecular weight excluding hydrogens is 289 g/mol. The van der Waals surface area contributed by atoms with E-state index in [-0.39, 0.29) is 23.6 Å². The van der Waals surface area contributed by atoms with Gasteiger partial charge in [-0.15, -0.1) is 0 Å². The lowest BCUT2D eigenvalue weighted by molar-refractivity contribution is -0.133. The van der Waals surface area contributed by atoms with Gasteiger partial charge in [0.1, 0.15) is 5.82 Å². The molecule has 2 aromatic carbocycles. The third kappa shape index (κ3) is 4.41. The molecule has 2 rings (SSSR count). The molecule has 0 aromatic heterocycles. The summed E-state index contributed by atoms with van der Waals surface area (Å²) >= 11 is 0. The molecule has 0 saturated heterocycles. The maximum Gasteiger partial charge on any atom is 0.230 e. The normalized spacial score (nSPS) is 13.4. The molecule has 0 aliphatic carbocycles. The molecular formula is C20H24FNO. The van der Waals surface area contributed by atoms with Crippen LogP contribution in [-0.2, 0) is 11.3 Å². The molecule has 0 spiro atoms. The number of hydrogen-bond donors (Lipinski definition) is 0. The Morgan fingerprint density at radius 2 is 1.70 bits per heavy atom. The lowest BCUT2D eigenvalue weighted by Gasteiger charge is -2.28. The monoisotopic (exact) mass is 313 g/mol. The number of hydrogen-bond acceptors (Lipinski definition) is 1. The molecule has 2 nitrogen and oxygen atoms in total. The Balaban J connectivity index is 2.17. The van der Waals surface area contributed by atoms with Crippen molar-refractivity contribution in [2.75, 3.05) is 7.05 Å². The molecule has 0 radical (unpaired) electrons. The van der Waals surface area contributed by atoms with Crippen LogP contribution < -0.4 is 0 Å². The fourth-order valence-corrected chi connectivity index (χ4v) is 2.79. The average molecular weight is 313 g/mol. The minimum atomic E-state index is -0.260. The van der Waals surface area contributed by atoms with E-state index >= 15 is 0 Å². The molecule has 23 heavy (non-hydrogen) atoms. The molecule has 122 valence electrons. The summed E-state index contributed by atoms with van der Waals surface area (Å²) in [5.74, 6) is -0.0356. The van der Waals surface area contributed by atoms with E-state index in [1.54, 1.807) is 17.0 Å². The van der Waals surface area contributed by atoms with Crippen LogP contribution in [0.4, 0.5) is 4.39 Å². The van der Waals surface area contributed by atoms with Crippen molar-refractivity contribution in [1.82, 2.24) is 4.90 Å². The van der Waals surface area contributed by atoms with E-state index in [0.717, 1.165) is 17.5 Å². The number of benzene rings is 2. The second-order valence-corrected chi connectivity index (χ2v) is 6.09. The SMILES string of the molecule is CCC(C)C(C(=O)N(C)Cc1ccc(F)cc1)c1ccccc1. The predicted octanol–water partition coefficient (Wildman–Crippen LogP) is 4.61. The first-order valence-corrected chi connectivity index (χ1v) is 8.07. The summed E-state index contributed by atoms with van der Waals surface area (Å²) in [5.41, 5.74) is 1.98. The summed E-state index contributed by atoms with van der Waals surface area (Å²) in [6, 6.07) is 16.2. The van der Waals surface area contributed by atoms with Gasteiger partial charge in [0.05, 0.1) is 5.92 Å². The molecule has 0 aliphatic rings. The maximum absolute atomic E-state index is 13.0. The van der Waals surface area contributed by atoms with Crippen molar-refractivity contribution in [2.24, 2.45) is 5.92 Å². The Kier molecular flexibility index (Phi) is 5.91. The summed E-state index contributed by atoms with van der Waals surface area (Å²) in [4.78, 5) is 14.7. The highest BCUT2D eigenvalue weighted by Crippen LogP contribution is 2.29. The Morgan fingerprint density at radius 3 is 2.26 bits per heavy atom. The fourth-order valence-electron chi connectivity index (χ4n) is 2.79. The zero-order chi connectivity index (χ0) is 16.8. The van der Waals surface area contributed by atoms with Gasteiger partial charge in [-0.2, -0.15) is 0 Å². The van der Waals surface area contributed by atoms with E-state index in [1.165, 1.54) is 12.1 Å². The topological polar surface area (TPSA) is 20.3 Å². The minimum absolute atomic E-state index is 0.106. The van der Waals surface area contributed by atoms with Gasteiger partial charge in [0.15, 0.2) is 0 Å². The highest BCUT2D eigenvalue weighted by molar-refractivity contribution is 5.83. The minimum Gasteiger partial charge on any atom is -0.341 e. The first-order valence-electron chi connectivity index (χ1n) is 8.07. The number of likely N-dealkylation sites (N-methyl/N-ethyl adjacent to an activating group) is 1. The van der Waals surface area contributed by atoms with Gasteiger partial charge in [-0.05, 0) is 29.2 Å². The Labute approximate surface area is 137 Å². The van der Waals surface area contributed by atoms with Crippen LogP contribution in [0.25, 0.3) is 0 Å². The smallest absolute Gasteiger partial charge is 0.230 e. The Hall–Kier alpha value is -2.16. The van der Waals surface area contributed by atoms with Crippen molar-refractivity contribution in [3.8, 4) is 0 Å². The van der Waals surface area contributed by atoms with E-state index in [0.29, 0.717) is 6.54 Å². The van der Waals surface area contributed by atoms with E-state index in [4.69, 9.17) is 0 Å². The van der Waals surface area contributed by atoms with Gasteiger partial charge >= 0.3 is 0 Å². The van der Waals surface area contributed by atoms with Gasteiger partial charge in [0.25, 0.3) is 0 Å². The van der Waals surface area contributed by atoms with Crippen LogP contribution in [0.1, 0.15) is 37.3 Å². The molecule has 0 heterocycles. The van der Waals surface area contributed by atoms with Crippen LogP contribution >= 0.6 is 0 Å². The van der Waals surface area contributed by atoms with Crippen LogP contribution in [0.5, 0.6) is 0 Å². The van der Waals surface area contributed by atoms with Crippen LogP contribution in [-0.4, -0.2) is 17.9 Å². The van der Waals surface area contributed by atoms with Crippen molar-refractivity contribution < 1.29 is 9.18 Å². The van der Waals surface area contributed by atoms with Gasteiger partial charge < -0.3 is 4.90 Å². The first-order chi connectivity index (χ1) is 11.0. The van der Waals surface area contributed by atoms with E-state index in [9.17, 15) is 9.18 Å². The van der Waals surface area contributed by atoms with Crippen molar-refractivity contribution in [1.29, 1.82) is 0 Å². The number of amides is 1. The first kappa shape index (κ1) is 17.2. The third-order valence-electron chi connectivity index (χ3n) is 4.35. The van der Waals surface area contributed by atoms with Gasteiger partial charge in [-0.1, -0.05) is 62.7 Å². The Morgan fingerprint density at radius 1 is 1.09 bits per heavy atom. The predicted molar refractivity (Wildman–Crippen MR) is 91.5 cm³/mol. The average Bonchev–Trinajstić information content (AvgIpc) is 2.57. The van der Waals surface area contributed by atoms with E-state index in [1.807, 2.05) is 37.4 Å². The van der Waals surface area contributed by atoms with Gasteiger partial charge in [0, 0.05) is 13.6 Å². The molecule has 2 unspecified atom stereocenters. The number of nitrogens with zero attached hydrogens (tertiary/aromatic N) is 1. The van der Waals surface area contributed by atoms with Crippen LogP contribution in [0, 0.1) is 11.7 Å². The standard InChI is InChI=1S/C20H24FNO/c1-4-15(2)19(17-8-6-5-7-9-17)20(23)22(3)14-16-10-12-18(21)13-11-16/h5-13,15,19H,4,14H2,1-3H3. The highest BCUT2D eigenvalue weighted by atomic mass is 19.1. The lowest BCUT2D eigenvalue weighted by Crippen LogP contribution is -2.34. The van der Waals surface area contributed by atoms with Gasteiger partial charge in [-0.3, -0.25) is 4.79 Å². The van der Waals surface area contributed by atoms with Crippen molar-refractivity contribution >= 4 is 5.91 Å². The molecule has 3 heteroatoms. The second kappa shape index (κ2) is 7.91. The molecule has 2 aromatic rings. The highest BCUT2D eigenvalue weighted by Gasteiger charge is 2.28. The fraction of sp³-hybridized carbons (Fsp3) is 0.350. The summed E-state index contributed by atoms with van der Waals surface area (Å²) in [7, 11) is 1.81. The Bertz CT molecular complexity index is 624. The number of halogens is 1. The summed E-state index contributed by atoms with van der Waals surface area (Å²) in [6.45, 7) is 4.70. The number of rotatable bonds is 6. The summed E-state index contributed by atoms with van der Waals surface area (Å²) in [6.07, 6.45) is 0.940. The van der Waals surface area contributed by atoms with Gasteiger partial charge in [0.2, 0.25) is 5.91 Å². The van der Waals surface area contributed by atoms with E-state index in [2.05, 4.69) is 13.8 Å². The van der Waals surface area contributed by atoms with Crippen LogP contribution in [0.2, 0.25) is 0 Å². The third-order valence-corrected chi connectivity index (χ3v) is 4.35. The largest absolute Gasteiger partial charge is 0.341 e. The van der Waals surface area contributed by atoms with Crippen LogP contribution in [0.15, 0.2) is 54.6 Å². The van der Waals surface area contributed by atoms with Crippen LogP contribution in [0.3, 0.4) is 0 Å². The molecule has 0 bridgehead atoms. The van der Waals surface area contributed by atoms with E-state index < -0.39 is 0 Å². The second-order valence-electron chi connectivity index (χ2n) is 6.09. The zero-order valence-corrected chi connectivity index (χ0v) is 14.0. The summed E-state index contributed by atoms with van der Waals surface area (Å²) in [5, 5.41) is 0. The van der Waals surface area contributed by atoms with Gasteiger partial charge in [-0.25, -0.2) is 4.39 Å². The molecule has 0 saturated carbocycles. The molecule has 2 atom stereocenters.